The maximum atomic E-state index is 13.3. The van der Waals surface area contributed by atoms with Crippen LogP contribution in [0.4, 0.5) is 0 Å². The van der Waals surface area contributed by atoms with Crippen LogP contribution >= 0.6 is 0 Å². The van der Waals surface area contributed by atoms with Gasteiger partial charge in [-0.3, -0.25) is 0 Å². The van der Waals surface area contributed by atoms with E-state index in [0.717, 1.165) is 18.4 Å². The van der Waals surface area contributed by atoms with Crippen LogP contribution in [-0.2, 0) is 10.0 Å². The molecule has 0 N–H and O–H groups in total. The second-order valence-corrected chi connectivity index (χ2v) is 8.58. The van der Waals surface area contributed by atoms with Crippen LogP contribution in [0, 0.1) is 0 Å². The van der Waals surface area contributed by atoms with Crippen molar-refractivity contribution in [3.63, 3.8) is 0 Å². The molecule has 0 aromatic heterocycles. The predicted molar refractivity (Wildman–Crippen MR) is 103 cm³/mol. The summed E-state index contributed by atoms with van der Waals surface area (Å²) in [5.41, 5.74) is 0.908. The number of sulfonamides is 1. The van der Waals surface area contributed by atoms with Gasteiger partial charge in [-0.25, -0.2) is 8.42 Å². The number of methoxy groups -OCH3 is 2. The van der Waals surface area contributed by atoms with E-state index in [1.807, 2.05) is 18.2 Å². The van der Waals surface area contributed by atoms with E-state index < -0.39 is 10.0 Å². The lowest BCUT2D eigenvalue weighted by molar-refractivity contribution is 0.171. The van der Waals surface area contributed by atoms with E-state index >= 15 is 0 Å². The van der Waals surface area contributed by atoms with Crippen LogP contribution in [0.25, 0.3) is 0 Å². The third kappa shape index (κ3) is 3.27. The van der Waals surface area contributed by atoms with Gasteiger partial charge in [0.25, 0.3) is 0 Å². The maximum Gasteiger partial charge on any atom is 0.243 e. The van der Waals surface area contributed by atoms with Crippen molar-refractivity contribution < 1.29 is 27.4 Å². The highest BCUT2D eigenvalue weighted by atomic mass is 32.2. The summed E-state index contributed by atoms with van der Waals surface area (Å²) in [7, 11) is -0.683. The molecule has 8 heteroatoms. The molecule has 2 aliphatic rings. The Morgan fingerprint density at radius 2 is 1.71 bits per heavy atom. The topological polar surface area (TPSA) is 74.3 Å². The molecule has 28 heavy (non-hydrogen) atoms. The molecule has 0 spiro atoms. The molecule has 2 aliphatic heterocycles. The SMILES string of the molecule is COc1ccc(S(=O)(=O)N2CCCC2c2ccc3c(c2)OCCO3)cc1OC. The number of hydrogen-bond donors (Lipinski definition) is 0. The highest BCUT2D eigenvalue weighted by molar-refractivity contribution is 7.89. The maximum absolute atomic E-state index is 13.3. The zero-order valence-electron chi connectivity index (χ0n) is 15.9. The molecule has 1 unspecified atom stereocenters. The Labute approximate surface area is 164 Å². The lowest BCUT2D eigenvalue weighted by Gasteiger charge is -2.26. The Balaban J connectivity index is 1.67. The first-order valence-electron chi connectivity index (χ1n) is 9.18. The smallest absolute Gasteiger partial charge is 0.243 e. The van der Waals surface area contributed by atoms with Gasteiger partial charge in [-0.2, -0.15) is 4.31 Å². The van der Waals surface area contributed by atoms with Gasteiger partial charge < -0.3 is 18.9 Å². The van der Waals surface area contributed by atoms with Crippen LogP contribution in [0.2, 0.25) is 0 Å². The molecule has 1 saturated heterocycles. The van der Waals surface area contributed by atoms with Gasteiger partial charge >= 0.3 is 0 Å². The van der Waals surface area contributed by atoms with E-state index in [2.05, 4.69) is 0 Å². The minimum Gasteiger partial charge on any atom is -0.493 e. The van der Waals surface area contributed by atoms with E-state index in [1.54, 1.807) is 16.4 Å². The van der Waals surface area contributed by atoms with Gasteiger partial charge in [0.1, 0.15) is 13.2 Å². The van der Waals surface area contributed by atoms with Gasteiger partial charge in [-0.15, -0.1) is 0 Å². The fourth-order valence-electron chi connectivity index (χ4n) is 3.74. The Morgan fingerprint density at radius 1 is 0.964 bits per heavy atom. The number of nitrogens with zero attached hydrogens (tertiary/aromatic N) is 1. The summed E-state index contributed by atoms with van der Waals surface area (Å²) < 4.78 is 50.0. The third-order valence-electron chi connectivity index (χ3n) is 5.12. The molecule has 1 fully saturated rings. The van der Waals surface area contributed by atoms with Crippen LogP contribution in [0.1, 0.15) is 24.4 Å². The van der Waals surface area contributed by atoms with Gasteiger partial charge in [-0.05, 0) is 42.7 Å². The van der Waals surface area contributed by atoms with Gasteiger partial charge in [0.15, 0.2) is 23.0 Å². The van der Waals surface area contributed by atoms with Crippen molar-refractivity contribution in [2.24, 2.45) is 0 Å². The van der Waals surface area contributed by atoms with Gasteiger partial charge in [-0.1, -0.05) is 6.07 Å². The molecule has 2 aromatic rings. The monoisotopic (exact) mass is 405 g/mol. The zero-order valence-corrected chi connectivity index (χ0v) is 16.7. The van der Waals surface area contributed by atoms with E-state index in [9.17, 15) is 8.42 Å². The van der Waals surface area contributed by atoms with Crippen molar-refractivity contribution in [1.29, 1.82) is 0 Å². The number of hydrogen-bond acceptors (Lipinski definition) is 6. The Morgan fingerprint density at radius 3 is 2.46 bits per heavy atom. The van der Waals surface area contributed by atoms with E-state index in [-0.39, 0.29) is 10.9 Å². The van der Waals surface area contributed by atoms with Gasteiger partial charge in [0.2, 0.25) is 10.0 Å². The fraction of sp³-hybridized carbons (Fsp3) is 0.400. The molecular formula is C20H23NO6S. The molecule has 1 atom stereocenters. The van der Waals surface area contributed by atoms with Crippen molar-refractivity contribution in [1.82, 2.24) is 4.31 Å². The second-order valence-electron chi connectivity index (χ2n) is 6.69. The summed E-state index contributed by atoms with van der Waals surface area (Å²) in [5.74, 6) is 2.24. The van der Waals surface area contributed by atoms with E-state index in [0.29, 0.717) is 42.8 Å². The van der Waals surface area contributed by atoms with Crippen molar-refractivity contribution in [3.05, 3.63) is 42.0 Å². The highest BCUT2D eigenvalue weighted by Crippen LogP contribution is 2.41. The summed E-state index contributed by atoms with van der Waals surface area (Å²) in [5, 5.41) is 0. The van der Waals surface area contributed by atoms with Crippen molar-refractivity contribution in [2.75, 3.05) is 34.0 Å². The summed E-state index contributed by atoms with van der Waals surface area (Å²) in [6, 6.07) is 10.1. The van der Waals surface area contributed by atoms with Crippen LogP contribution in [-0.4, -0.2) is 46.7 Å². The summed E-state index contributed by atoms with van der Waals surface area (Å²) >= 11 is 0. The average molecular weight is 405 g/mol. The Hall–Kier alpha value is -2.45. The van der Waals surface area contributed by atoms with Gasteiger partial charge in [0, 0.05) is 12.6 Å². The fourth-order valence-corrected chi connectivity index (χ4v) is 5.44. The number of benzene rings is 2. The molecule has 2 heterocycles. The summed E-state index contributed by atoms with van der Waals surface area (Å²) in [6.07, 6.45) is 1.55. The zero-order chi connectivity index (χ0) is 19.7. The molecule has 2 aromatic carbocycles. The van der Waals surface area contributed by atoms with Crippen molar-refractivity contribution in [3.8, 4) is 23.0 Å². The first-order chi connectivity index (χ1) is 13.5. The second kappa shape index (κ2) is 7.52. The standard InChI is InChI=1S/C20H23NO6S/c1-24-17-8-6-15(13-19(17)25-2)28(22,23)21-9-3-4-16(21)14-5-7-18-20(12-14)27-11-10-26-18/h5-8,12-13,16H,3-4,9-11H2,1-2H3. The molecule has 150 valence electrons. The Bertz CT molecular complexity index is 975. The predicted octanol–water partition coefficient (Wildman–Crippen LogP) is 3.00. The lowest BCUT2D eigenvalue weighted by Crippen LogP contribution is -2.30. The average Bonchev–Trinajstić information content (AvgIpc) is 3.23. The number of fused-ring (bicyclic) bond motifs is 1. The lowest BCUT2D eigenvalue weighted by atomic mass is 10.0. The molecule has 0 bridgehead atoms. The Kier molecular flexibility index (Phi) is 5.07. The van der Waals surface area contributed by atoms with Gasteiger partial charge in [0.05, 0.1) is 25.2 Å². The van der Waals surface area contributed by atoms with E-state index in [4.69, 9.17) is 18.9 Å². The molecule has 0 aliphatic carbocycles. The minimum absolute atomic E-state index is 0.189. The number of rotatable bonds is 5. The number of ether oxygens (including phenoxy) is 4. The van der Waals surface area contributed by atoms with Crippen molar-refractivity contribution in [2.45, 2.75) is 23.8 Å². The van der Waals surface area contributed by atoms with Crippen molar-refractivity contribution >= 4 is 10.0 Å². The first kappa shape index (κ1) is 18.9. The van der Waals surface area contributed by atoms with Crippen LogP contribution in [0.3, 0.4) is 0 Å². The minimum atomic E-state index is -3.69. The molecule has 0 amide bonds. The quantitative estimate of drug-likeness (QED) is 0.761. The normalized spacial score (nSPS) is 19.4. The van der Waals surface area contributed by atoms with Crippen LogP contribution in [0.5, 0.6) is 23.0 Å². The molecular weight excluding hydrogens is 382 g/mol. The largest absolute Gasteiger partial charge is 0.493 e. The molecule has 4 rings (SSSR count). The third-order valence-corrected chi connectivity index (χ3v) is 7.02. The summed E-state index contributed by atoms with van der Waals surface area (Å²) in [4.78, 5) is 0.189. The molecule has 0 radical (unpaired) electrons. The molecule has 0 saturated carbocycles. The van der Waals surface area contributed by atoms with E-state index in [1.165, 1.54) is 20.3 Å². The van der Waals surface area contributed by atoms with Crippen LogP contribution in [0.15, 0.2) is 41.3 Å². The van der Waals surface area contributed by atoms with Crippen LogP contribution < -0.4 is 18.9 Å². The highest BCUT2D eigenvalue weighted by Gasteiger charge is 2.37. The molecule has 7 nitrogen and oxygen atoms in total. The first-order valence-corrected chi connectivity index (χ1v) is 10.6. The summed E-state index contributed by atoms with van der Waals surface area (Å²) in [6.45, 7) is 1.49.